The van der Waals surface area contributed by atoms with E-state index in [1.165, 1.54) is 11.3 Å². The van der Waals surface area contributed by atoms with Crippen LogP contribution in [0, 0.1) is 0 Å². The number of nitrogens with zero attached hydrogens (tertiary/aromatic N) is 2. The molecule has 0 saturated heterocycles. The third-order valence-corrected chi connectivity index (χ3v) is 4.47. The maximum absolute atomic E-state index is 5.61. The van der Waals surface area contributed by atoms with Gasteiger partial charge in [0.15, 0.2) is 11.5 Å². The van der Waals surface area contributed by atoms with Crippen molar-refractivity contribution >= 4 is 22.7 Å². The molecule has 3 aromatic rings. The molecule has 0 saturated carbocycles. The Labute approximate surface area is 162 Å². The number of anilines is 1. The molecule has 0 fully saturated rings. The summed E-state index contributed by atoms with van der Waals surface area (Å²) >= 11 is 1.50. The SMILES string of the molecule is CCOc1c(OC)cc(/C=N\Nc2nc(-c3ccccc3)cs2)cc1OC. The molecule has 2 aromatic carbocycles. The first kappa shape index (κ1) is 18.7. The number of benzene rings is 2. The molecular formula is C20H21N3O3S. The minimum Gasteiger partial charge on any atom is -0.493 e. The van der Waals surface area contributed by atoms with Crippen LogP contribution in [0.4, 0.5) is 5.13 Å². The van der Waals surface area contributed by atoms with Crippen molar-refractivity contribution in [2.45, 2.75) is 6.92 Å². The Balaban J connectivity index is 1.74. The van der Waals surface area contributed by atoms with Crippen LogP contribution in [0.25, 0.3) is 11.3 Å². The second-order valence-electron chi connectivity index (χ2n) is 5.46. The van der Waals surface area contributed by atoms with E-state index in [2.05, 4.69) is 15.5 Å². The van der Waals surface area contributed by atoms with Gasteiger partial charge in [-0.3, -0.25) is 5.43 Å². The number of ether oxygens (including phenoxy) is 3. The fourth-order valence-corrected chi connectivity index (χ4v) is 3.16. The van der Waals surface area contributed by atoms with Crippen LogP contribution in [0.1, 0.15) is 12.5 Å². The van der Waals surface area contributed by atoms with E-state index in [1.807, 2.05) is 54.8 Å². The van der Waals surface area contributed by atoms with Crippen molar-refractivity contribution in [3.63, 3.8) is 0 Å². The largest absolute Gasteiger partial charge is 0.493 e. The highest BCUT2D eigenvalue weighted by Gasteiger charge is 2.13. The molecule has 6 nitrogen and oxygen atoms in total. The summed E-state index contributed by atoms with van der Waals surface area (Å²) in [5.41, 5.74) is 5.78. The van der Waals surface area contributed by atoms with Crippen molar-refractivity contribution < 1.29 is 14.2 Å². The summed E-state index contributed by atoms with van der Waals surface area (Å²) in [7, 11) is 3.19. The predicted molar refractivity (Wildman–Crippen MR) is 109 cm³/mol. The van der Waals surface area contributed by atoms with Crippen molar-refractivity contribution in [1.29, 1.82) is 0 Å². The van der Waals surface area contributed by atoms with Gasteiger partial charge in [0.1, 0.15) is 0 Å². The van der Waals surface area contributed by atoms with Crippen LogP contribution in [0.2, 0.25) is 0 Å². The molecule has 3 rings (SSSR count). The molecule has 140 valence electrons. The first-order valence-corrected chi connectivity index (χ1v) is 9.32. The zero-order valence-electron chi connectivity index (χ0n) is 15.4. The number of rotatable bonds is 8. The topological polar surface area (TPSA) is 65.0 Å². The van der Waals surface area contributed by atoms with Gasteiger partial charge in [-0.25, -0.2) is 4.98 Å². The molecule has 0 unspecified atom stereocenters. The van der Waals surface area contributed by atoms with Crippen molar-refractivity contribution in [3.05, 3.63) is 53.4 Å². The Hall–Kier alpha value is -3.06. The van der Waals surface area contributed by atoms with E-state index in [-0.39, 0.29) is 0 Å². The van der Waals surface area contributed by atoms with E-state index < -0.39 is 0 Å². The lowest BCUT2D eigenvalue weighted by atomic mass is 10.2. The van der Waals surface area contributed by atoms with Gasteiger partial charge in [-0.1, -0.05) is 30.3 Å². The van der Waals surface area contributed by atoms with Gasteiger partial charge in [-0.2, -0.15) is 5.10 Å². The predicted octanol–water partition coefficient (Wildman–Crippen LogP) is 4.67. The summed E-state index contributed by atoms with van der Waals surface area (Å²) in [6.45, 7) is 2.44. The van der Waals surface area contributed by atoms with Crippen LogP contribution in [-0.2, 0) is 0 Å². The molecular weight excluding hydrogens is 362 g/mol. The number of hydrazone groups is 1. The number of nitrogens with one attached hydrogen (secondary N) is 1. The summed E-state index contributed by atoms with van der Waals surface area (Å²) in [6.07, 6.45) is 1.68. The third-order valence-electron chi connectivity index (χ3n) is 3.72. The van der Waals surface area contributed by atoms with Crippen molar-refractivity contribution in [2.24, 2.45) is 5.10 Å². The van der Waals surface area contributed by atoms with Gasteiger partial charge in [0.25, 0.3) is 0 Å². The minimum absolute atomic E-state index is 0.523. The second-order valence-corrected chi connectivity index (χ2v) is 6.32. The Kier molecular flexibility index (Phi) is 6.27. The van der Waals surface area contributed by atoms with Crippen molar-refractivity contribution in [1.82, 2.24) is 4.98 Å². The average Bonchev–Trinajstić information content (AvgIpc) is 3.18. The zero-order valence-corrected chi connectivity index (χ0v) is 16.2. The van der Waals surface area contributed by atoms with Gasteiger partial charge >= 0.3 is 0 Å². The third kappa shape index (κ3) is 4.57. The maximum Gasteiger partial charge on any atom is 0.203 e. The lowest BCUT2D eigenvalue weighted by Crippen LogP contribution is -2.00. The van der Waals surface area contributed by atoms with Gasteiger partial charge in [-0.15, -0.1) is 11.3 Å². The number of aromatic nitrogens is 1. The summed E-state index contributed by atoms with van der Waals surface area (Å²) in [5, 5.41) is 6.98. The van der Waals surface area contributed by atoms with Crippen molar-refractivity contribution in [2.75, 3.05) is 26.3 Å². The molecule has 7 heteroatoms. The van der Waals surface area contributed by atoms with E-state index in [0.717, 1.165) is 22.0 Å². The average molecular weight is 383 g/mol. The molecule has 0 aliphatic rings. The summed E-state index contributed by atoms with van der Waals surface area (Å²) < 4.78 is 16.4. The summed E-state index contributed by atoms with van der Waals surface area (Å²) in [5.74, 6) is 1.77. The van der Waals surface area contributed by atoms with Gasteiger partial charge in [-0.05, 0) is 19.1 Å². The summed E-state index contributed by atoms with van der Waals surface area (Å²) in [4.78, 5) is 4.54. The van der Waals surface area contributed by atoms with Gasteiger partial charge in [0.2, 0.25) is 10.9 Å². The van der Waals surface area contributed by atoms with E-state index in [9.17, 15) is 0 Å². The molecule has 0 atom stereocenters. The van der Waals surface area contributed by atoms with E-state index >= 15 is 0 Å². The highest BCUT2D eigenvalue weighted by molar-refractivity contribution is 7.14. The van der Waals surface area contributed by atoms with Crippen LogP contribution < -0.4 is 19.6 Å². The van der Waals surface area contributed by atoms with Gasteiger partial charge in [0, 0.05) is 16.5 Å². The fourth-order valence-electron chi connectivity index (χ4n) is 2.49. The minimum atomic E-state index is 0.523. The smallest absolute Gasteiger partial charge is 0.203 e. The van der Waals surface area contributed by atoms with Crippen LogP contribution in [-0.4, -0.2) is 32.0 Å². The molecule has 27 heavy (non-hydrogen) atoms. The van der Waals surface area contributed by atoms with Crippen LogP contribution >= 0.6 is 11.3 Å². The quantitative estimate of drug-likeness (QED) is 0.452. The molecule has 1 aromatic heterocycles. The maximum atomic E-state index is 5.61. The lowest BCUT2D eigenvalue weighted by molar-refractivity contribution is 0.288. The van der Waals surface area contributed by atoms with Gasteiger partial charge < -0.3 is 14.2 Å². The molecule has 0 aliphatic carbocycles. The van der Waals surface area contributed by atoms with Crippen molar-refractivity contribution in [3.8, 4) is 28.5 Å². The second kappa shape index (κ2) is 9.05. The number of hydrogen-bond donors (Lipinski definition) is 1. The first-order chi connectivity index (χ1) is 13.2. The monoisotopic (exact) mass is 383 g/mol. The molecule has 0 spiro atoms. The molecule has 0 amide bonds. The zero-order chi connectivity index (χ0) is 19.1. The number of methoxy groups -OCH3 is 2. The molecule has 1 heterocycles. The molecule has 0 radical (unpaired) electrons. The molecule has 1 N–H and O–H groups in total. The number of hydrogen-bond acceptors (Lipinski definition) is 7. The first-order valence-electron chi connectivity index (χ1n) is 8.44. The number of thiazole rings is 1. The highest BCUT2D eigenvalue weighted by atomic mass is 32.1. The fraction of sp³-hybridized carbons (Fsp3) is 0.200. The van der Waals surface area contributed by atoms with Gasteiger partial charge in [0.05, 0.1) is 32.7 Å². The van der Waals surface area contributed by atoms with Crippen LogP contribution in [0.3, 0.4) is 0 Å². The van der Waals surface area contributed by atoms with E-state index in [4.69, 9.17) is 14.2 Å². The standard InChI is InChI=1S/C20H21N3O3S/c1-4-26-19-17(24-2)10-14(11-18(19)25-3)12-21-23-20-22-16(13-27-20)15-8-6-5-7-9-15/h5-13H,4H2,1-3H3,(H,22,23)/b21-12-. The Morgan fingerprint density at radius 2 is 1.81 bits per heavy atom. The van der Waals surface area contributed by atoms with E-state index in [0.29, 0.717) is 23.9 Å². The normalized spacial score (nSPS) is 10.8. The van der Waals surface area contributed by atoms with Crippen LogP contribution in [0.5, 0.6) is 17.2 Å². The highest BCUT2D eigenvalue weighted by Crippen LogP contribution is 2.38. The Morgan fingerprint density at radius 3 is 2.44 bits per heavy atom. The Bertz CT molecular complexity index is 885. The lowest BCUT2D eigenvalue weighted by Gasteiger charge is -2.14. The Morgan fingerprint density at radius 1 is 1.11 bits per heavy atom. The molecule has 0 bridgehead atoms. The van der Waals surface area contributed by atoms with E-state index in [1.54, 1.807) is 20.4 Å². The summed E-state index contributed by atoms with van der Waals surface area (Å²) in [6, 6.07) is 13.7. The molecule has 0 aliphatic heterocycles. The van der Waals surface area contributed by atoms with Crippen LogP contribution in [0.15, 0.2) is 52.9 Å².